The Balaban J connectivity index is 1.12. The molecule has 4 aromatic rings. The fourth-order valence-electron chi connectivity index (χ4n) is 6.58. The van der Waals surface area contributed by atoms with E-state index >= 15 is 0 Å². The zero-order valence-corrected chi connectivity index (χ0v) is 28.0. The number of hydrogen-bond acceptors (Lipinski definition) is 12. The minimum atomic E-state index is -0.231. The Hall–Kier alpha value is -4.58. The quantitative estimate of drug-likeness (QED) is 0.200. The van der Waals surface area contributed by atoms with Gasteiger partial charge < -0.3 is 24.3 Å². The molecule has 2 fully saturated rings. The van der Waals surface area contributed by atoms with Crippen molar-refractivity contribution >= 4 is 11.6 Å². The summed E-state index contributed by atoms with van der Waals surface area (Å²) in [5.41, 5.74) is 2.76. The number of methoxy groups -OCH3 is 1. The molecule has 0 spiro atoms. The van der Waals surface area contributed by atoms with E-state index in [1.54, 1.807) is 36.6 Å². The van der Waals surface area contributed by atoms with Crippen molar-refractivity contribution in [2.24, 2.45) is 0 Å². The molecule has 3 aromatic heterocycles. The van der Waals surface area contributed by atoms with Crippen molar-refractivity contribution in [1.82, 2.24) is 39.4 Å². The summed E-state index contributed by atoms with van der Waals surface area (Å²) in [5, 5.41) is 21.9. The van der Waals surface area contributed by atoms with Crippen LogP contribution in [-0.2, 0) is 16.0 Å². The maximum atomic E-state index is 9.66. The van der Waals surface area contributed by atoms with Gasteiger partial charge in [0.05, 0.1) is 43.2 Å². The van der Waals surface area contributed by atoms with Crippen LogP contribution in [0.1, 0.15) is 58.1 Å². The normalized spacial score (nSPS) is 22.1. The van der Waals surface area contributed by atoms with Crippen molar-refractivity contribution in [3.05, 3.63) is 55.0 Å². The van der Waals surface area contributed by atoms with Gasteiger partial charge in [-0.3, -0.25) is 9.58 Å². The van der Waals surface area contributed by atoms with Gasteiger partial charge in [0, 0.05) is 44.2 Å². The maximum Gasteiger partial charge on any atom is 0.257 e. The first-order chi connectivity index (χ1) is 23.4. The third-order valence-electron chi connectivity index (χ3n) is 8.80. The number of rotatable bonds is 13. The summed E-state index contributed by atoms with van der Waals surface area (Å²) in [7, 11) is 1.65. The Labute approximate surface area is 281 Å². The van der Waals surface area contributed by atoms with E-state index in [-0.39, 0.29) is 24.4 Å². The molecule has 0 amide bonds. The monoisotopic (exact) mass is 656 g/mol. The van der Waals surface area contributed by atoms with E-state index in [0.29, 0.717) is 54.6 Å². The topological polar surface area (TPSA) is 150 Å². The molecule has 1 saturated carbocycles. The molecule has 0 unspecified atom stereocenters. The van der Waals surface area contributed by atoms with Crippen molar-refractivity contribution in [1.29, 1.82) is 5.26 Å². The van der Waals surface area contributed by atoms with E-state index in [0.717, 1.165) is 49.9 Å². The van der Waals surface area contributed by atoms with Crippen molar-refractivity contribution in [2.75, 3.05) is 38.7 Å². The molecule has 1 aliphatic carbocycles. The van der Waals surface area contributed by atoms with E-state index in [9.17, 15) is 5.26 Å². The molecule has 1 aliphatic heterocycles. The van der Waals surface area contributed by atoms with Gasteiger partial charge in [0.1, 0.15) is 42.9 Å². The average molecular weight is 657 g/mol. The molecule has 14 nitrogen and oxygen atoms in total. The first kappa shape index (κ1) is 33.3. The third kappa shape index (κ3) is 8.28. The lowest BCUT2D eigenvalue weighted by atomic mass is 9.89. The highest BCUT2D eigenvalue weighted by Gasteiger charge is 2.32. The highest BCUT2D eigenvalue weighted by atomic mass is 16.5. The van der Waals surface area contributed by atoms with Crippen molar-refractivity contribution in [2.45, 2.75) is 83.4 Å². The van der Waals surface area contributed by atoms with Crippen LogP contribution in [-0.4, -0.2) is 97.2 Å². The smallest absolute Gasteiger partial charge is 0.257 e. The van der Waals surface area contributed by atoms with Crippen molar-refractivity contribution in [3.63, 3.8) is 0 Å². The molecule has 0 bridgehead atoms. The number of anilines is 2. The number of aromatic nitrogens is 7. The highest BCUT2D eigenvalue weighted by molar-refractivity contribution is 5.67. The Bertz CT molecular complexity index is 1640. The molecule has 4 heterocycles. The Morgan fingerprint density at radius 1 is 1.04 bits per heavy atom. The SMILES string of the molecule is COCCOc1nn([C@H]2CC[C@H](N3C[C@@H](C)O[C@@H](C)C3)CC2)cc1Nc1ncc(-c2ccc(C#N)c(O[C@@H](C)Cn3cncn3)c2)cn1. The largest absolute Gasteiger partial charge is 0.487 e. The molecule has 48 heavy (non-hydrogen) atoms. The van der Waals surface area contributed by atoms with E-state index in [4.69, 9.17) is 24.0 Å². The number of nitrogens with zero attached hydrogens (tertiary/aromatic N) is 9. The molecule has 1 saturated heterocycles. The average Bonchev–Trinajstić information content (AvgIpc) is 3.75. The van der Waals surface area contributed by atoms with Crippen LogP contribution in [0.4, 0.5) is 11.6 Å². The summed E-state index contributed by atoms with van der Waals surface area (Å²) in [4.78, 5) is 15.8. The summed E-state index contributed by atoms with van der Waals surface area (Å²) in [5.74, 6) is 1.39. The second-order valence-electron chi connectivity index (χ2n) is 12.6. The van der Waals surface area contributed by atoms with E-state index < -0.39 is 0 Å². The van der Waals surface area contributed by atoms with Gasteiger partial charge in [0.15, 0.2) is 0 Å². The highest BCUT2D eigenvalue weighted by Crippen LogP contribution is 2.35. The van der Waals surface area contributed by atoms with Gasteiger partial charge >= 0.3 is 0 Å². The Morgan fingerprint density at radius 2 is 1.79 bits per heavy atom. The Kier molecular flexibility index (Phi) is 10.8. The van der Waals surface area contributed by atoms with Crippen molar-refractivity contribution < 1.29 is 18.9 Å². The van der Waals surface area contributed by atoms with Gasteiger partial charge in [-0.25, -0.2) is 19.6 Å². The van der Waals surface area contributed by atoms with Gasteiger partial charge in [-0.05, 0) is 64.2 Å². The fourth-order valence-corrected chi connectivity index (χ4v) is 6.58. The second-order valence-corrected chi connectivity index (χ2v) is 12.6. The molecular weight excluding hydrogens is 612 g/mol. The van der Waals surface area contributed by atoms with Crippen molar-refractivity contribution in [3.8, 4) is 28.8 Å². The zero-order valence-electron chi connectivity index (χ0n) is 28.0. The second kappa shape index (κ2) is 15.5. The van der Waals surface area contributed by atoms with E-state index in [2.05, 4.69) is 50.2 Å². The van der Waals surface area contributed by atoms with Crippen LogP contribution in [0.2, 0.25) is 0 Å². The lowest BCUT2D eigenvalue weighted by molar-refractivity contribution is -0.0852. The van der Waals surface area contributed by atoms with Crippen LogP contribution in [0.15, 0.2) is 49.4 Å². The standard InChI is InChI=1S/C34H44N10O4/c1-23-17-42(18-24(2)47-23)29-7-9-30(10-8-29)44-20-31(33(41-44)46-12-11-45-4)40-34-37-15-28(16-38-34)26-5-6-27(14-35)32(13-26)48-25(3)19-43-22-36-21-39-43/h5-6,13,15-16,20-25,29-30H,7-12,17-19H2,1-4H3,(H,37,38,40)/t23-,24+,25-,29-,30-/m0/s1. The number of nitrogens with one attached hydrogen (secondary N) is 1. The summed E-state index contributed by atoms with van der Waals surface area (Å²) in [6.45, 7) is 9.58. The number of hydrogen-bond donors (Lipinski definition) is 1. The number of morpholine rings is 1. The predicted octanol–water partition coefficient (Wildman–Crippen LogP) is 4.63. The molecule has 1 aromatic carbocycles. The van der Waals surface area contributed by atoms with E-state index in [1.165, 1.54) is 6.33 Å². The van der Waals surface area contributed by atoms with Crippen LogP contribution < -0.4 is 14.8 Å². The van der Waals surface area contributed by atoms with Gasteiger partial charge in [-0.2, -0.15) is 10.4 Å². The summed E-state index contributed by atoms with van der Waals surface area (Å²) >= 11 is 0. The molecular formula is C34H44N10O4. The number of benzene rings is 1. The van der Waals surface area contributed by atoms with Gasteiger partial charge in [0.25, 0.3) is 5.88 Å². The molecule has 1 N–H and O–H groups in total. The molecule has 3 atom stereocenters. The van der Waals surface area contributed by atoms with Crippen LogP contribution in [0.5, 0.6) is 11.6 Å². The summed E-state index contributed by atoms with van der Waals surface area (Å²) < 4.78 is 27.0. The summed E-state index contributed by atoms with van der Waals surface area (Å²) in [6.07, 6.45) is 13.2. The predicted molar refractivity (Wildman–Crippen MR) is 178 cm³/mol. The van der Waals surface area contributed by atoms with Gasteiger partial charge in [-0.1, -0.05) is 6.07 Å². The fraction of sp³-hybridized carbons (Fsp3) is 0.529. The van der Waals surface area contributed by atoms with Gasteiger partial charge in [-0.15, -0.1) is 5.10 Å². The van der Waals surface area contributed by atoms with Crippen LogP contribution in [0, 0.1) is 11.3 Å². The van der Waals surface area contributed by atoms with Crippen LogP contribution in [0.3, 0.4) is 0 Å². The lowest BCUT2D eigenvalue weighted by Crippen LogP contribution is -2.51. The van der Waals surface area contributed by atoms with Crippen LogP contribution in [0.25, 0.3) is 11.1 Å². The molecule has 6 rings (SSSR count). The molecule has 254 valence electrons. The molecule has 0 radical (unpaired) electrons. The molecule has 14 heteroatoms. The zero-order chi connectivity index (χ0) is 33.5. The summed E-state index contributed by atoms with van der Waals surface area (Å²) in [6, 6.07) is 8.51. The first-order valence-corrected chi connectivity index (χ1v) is 16.6. The first-order valence-electron chi connectivity index (χ1n) is 16.6. The third-order valence-corrected chi connectivity index (χ3v) is 8.80. The van der Waals surface area contributed by atoms with E-state index in [1.807, 2.05) is 29.9 Å². The minimum absolute atomic E-state index is 0.231. The van der Waals surface area contributed by atoms with Gasteiger partial charge in [0.2, 0.25) is 5.95 Å². The molecule has 2 aliphatic rings. The number of nitriles is 1. The Morgan fingerprint density at radius 3 is 2.48 bits per heavy atom. The van der Waals surface area contributed by atoms with Crippen LogP contribution >= 0.6 is 0 Å². The lowest BCUT2D eigenvalue weighted by Gasteiger charge is -2.42. The maximum absolute atomic E-state index is 9.66. The minimum Gasteiger partial charge on any atom is -0.487 e. The number of ether oxygens (including phenoxy) is 4.